The molecule has 1 unspecified atom stereocenters. The van der Waals surface area contributed by atoms with Gasteiger partial charge in [0.1, 0.15) is 17.8 Å². The second-order valence-electron chi connectivity index (χ2n) is 7.91. The van der Waals surface area contributed by atoms with E-state index in [2.05, 4.69) is 10.6 Å². The normalized spacial score (nSPS) is 19.7. The van der Waals surface area contributed by atoms with E-state index >= 15 is 0 Å². The summed E-state index contributed by atoms with van der Waals surface area (Å²) in [6, 6.07) is 9.62. The van der Waals surface area contributed by atoms with E-state index < -0.39 is 29.9 Å². The first kappa shape index (κ1) is 22.7. The van der Waals surface area contributed by atoms with Crippen LogP contribution in [0.2, 0.25) is 5.02 Å². The van der Waals surface area contributed by atoms with Gasteiger partial charge in [-0.2, -0.15) is 0 Å². The van der Waals surface area contributed by atoms with Gasteiger partial charge in [0, 0.05) is 13.0 Å². The quantitative estimate of drug-likeness (QED) is 0.625. The SMILES string of the molecule is COc1ccc(C2(C)NC(=O)N(CC(=O)NCc3cc(Cl)c4c(c3)OCCCO4)C2=O)cc1. The molecule has 0 aromatic heterocycles. The molecule has 33 heavy (non-hydrogen) atoms. The Labute approximate surface area is 195 Å². The third kappa shape index (κ3) is 4.54. The summed E-state index contributed by atoms with van der Waals surface area (Å²) in [6.45, 7) is 2.37. The summed E-state index contributed by atoms with van der Waals surface area (Å²) in [7, 11) is 1.54. The number of carbonyl (C=O) groups is 3. The molecule has 0 radical (unpaired) electrons. The lowest BCUT2D eigenvalue weighted by atomic mass is 9.92. The molecule has 1 saturated heterocycles. The van der Waals surface area contributed by atoms with Gasteiger partial charge in [-0.05, 0) is 42.3 Å². The molecule has 0 aliphatic carbocycles. The highest BCUT2D eigenvalue weighted by Gasteiger charge is 2.49. The molecule has 4 amide bonds. The third-order valence-electron chi connectivity index (χ3n) is 5.60. The zero-order chi connectivity index (χ0) is 23.6. The number of fused-ring (bicyclic) bond motifs is 1. The fourth-order valence-electron chi connectivity index (χ4n) is 3.75. The van der Waals surface area contributed by atoms with E-state index in [9.17, 15) is 14.4 Å². The minimum absolute atomic E-state index is 0.147. The molecule has 0 bridgehead atoms. The predicted octanol–water partition coefficient (Wildman–Crippen LogP) is 2.59. The van der Waals surface area contributed by atoms with Crippen molar-refractivity contribution < 1.29 is 28.6 Å². The number of hydrogen-bond donors (Lipinski definition) is 2. The van der Waals surface area contributed by atoms with Crippen LogP contribution in [0.15, 0.2) is 36.4 Å². The van der Waals surface area contributed by atoms with Crippen LogP contribution < -0.4 is 24.8 Å². The van der Waals surface area contributed by atoms with Gasteiger partial charge in [0.05, 0.1) is 25.3 Å². The maximum Gasteiger partial charge on any atom is 0.325 e. The summed E-state index contributed by atoms with van der Waals surface area (Å²) >= 11 is 6.29. The van der Waals surface area contributed by atoms with Gasteiger partial charge in [0.25, 0.3) is 5.91 Å². The van der Waals surface area contributed by atoms with Crippen LogP contribution in [0.4, 0.5) is 4.79 Å². The van der Waals surface area contributed by atoms with E-state index in [1.54, 1.807) is 50.4 Å². The Morgan fingerprint density at radius 3 is 2.67 bits per heavy atom. The number of carbonyl (C=O) groups excluding carboxylic acids is 3. The van der Waals surface area contributed by atoms with Crippen molar-refractivity contribution in [3.8, 4) is 17.2 Å². The Kier molecular flexibility index (Phi) is 6.33. The molecular weight excluding hydrogens is 450 g/mol. The highest BCUT2D eigenvalue weighted by Crippen LogP contribution is 2.38. The van der Waals surface area contributed by atoms with Gasteiger partial charge >= 0.3 is 6.03 Å². The molecule has 2 heterocycles. The van der Waals surface area contributed by atoms with Crippen molar-refractivity contribution in [2.75, 3.05) is 26.9 Å². The van der Waals surface area contributed by atoms with Crippen molar-refractivity contribution in [3.63, 3.8) is 0 Å². The van der Waals surface area contributed by atoms with Crippen LogP contribution in [-0.2, 0) is 21.7 Å². The van der Waals surface area contributed by atoms with E-state index in [0.29, 0.717) is 46.6 Å². The molecule has 9 nitrogen and oxygen atoms in total. The van der Waals surface area contributed by atoms with Crippen molar-refractivity contribution >= 4 is 29.4 Å². The number of urea groups is 1. The van der Waals surface area contributed by atoms with Gasteiger partial charge in [-0.15, -0.1) is 0 Å². The van der Waals surface area contributed by atoms with Crippen LogP contribution in [0, 0.1) is 0 Å². The topological polar surface area (TPSA) is 106 Å². The van der Waals surface area contributed by atoms with Crippen molar-refractivity contribution in [1.29, 1.82) is 0 Å². The highest BCUT2D eigenvalue weighted by molar-refractivity contribution is 6.32. The maximum absolute atomic E-state index is 13.0. The average Bonchev–Trinajstić information content (AvgIpc) is 2.97. The zero-order valence-corrected chi connectivity index (χ0v) is 19.0. The average molecular weight is 474 g/mol. The van der Waals surface area contributed by atoms with Crippen LogP contribution in [0.3, 0.4) is 0 Å². The molecule has 0 saturated carbocycles. The van der Waals surface area contributed by atoms with Crippen LogP contribution in [-0.4, -0.2) is 49.6 Å². The van der Waals surface area contributed by atoms with Gasteiger partial charge in [0.15, 0.2) is 11.5 Å². The number of nitrogens with one attached hydrogen (secondary N) is 2. The summed E-state index contributed by atoms with van der Waals surface area (Å²) < 4.78 is 16.4. The van der Waals surface area contributed by atoms with Gasteiger partial charge < -0.3 is 24.8 Å². The number of ether oxygens (including phenoxy) is 3. The van der Waals surface area contributed by atoms with E-state index in [1.807, 2.05) is 0 Å². The highest BCUT2D eigenvalue weighted by atomic mass is 35.5. The molecule has 2 aliphatic heterocycles. The molecule has 2 aliphatic rings. The number of hydrogen-bond acceptors (Lipinski definition) is 6. The van der Waals surface area contributed by atoms with Gasteiger partial charge in [-0.1, -0.05) is 23.7 Å². The number of rotatable bonds is 6. The summed E-state index contributed by atoms with van der Waals surface area (Å²) in [4.78, 5) is 38.9. The lowest BCUT2D eigenvalue weighted by Gasteiger charge is -2.22. The summed E-state index contributed by atoms with van der Waals surface area (Å²) in [5, 5.41) is 5.79. The van der Waals surface area contributed by atoms with Crippen LogP contribution >= 0.6 is 11.6 Å². The molecule has 2 aromatic carbocycles. The smallest absolute Gasteiger partial charge is 0.325 e. The van der Waals surface area contributed by atoms with Crippen LogP contribution in [0.5, 0.6) is 17.2 Å². The Morgan fingerprint density at radius 1 is 1.21 bits per heavy atom. The first-order chi connectivity index (χ1) is 15.8. The zero-order valence-electron chi connectivity index (χ0n) is 18.3. The molecule has 1 atom stereocenters. The molecule has 4 rings (SSSR count). The first-order valence-corrected chi connectivity index (χ1v) is 10.8. The molecule has 2 N–H and O–H groups in total. The molecule has 174 valence electrons. The second-order valence-corrected chi connectivity index (χ2v) is 8.31. The third-order valence-corrected chi connectivity index (χ3v) is 5.88. The monoisotopic (exact) mass is 473 g/mol. The maximum atomic E-state index is 13.0. The Hall–Kier alpha value is -3.46. The van der Waals surface area contributed by atoms with Crippen molar-refractivity contribution in [3.05, 3.63) is 52.5 Å². The number of benzene rings is 2. The number of halogens is 1. The number of amides is 4. The van der Waals surface area contributed by atoms with Crippen molar-refractivity contribution in [1.82, 2.24) is 15.5 Å². The van der Waals surface area contributed by atoms with E-state index in [4.69, 9.17) is 25.8 Å². The molecule has 2 aromatic rings. The largest absolute Gasteiger partial charge is 0.497 e. The summed E-state index contributed by atoms with van der Waals surface area (Å²) in [6.07, 6.45) is 0.748. The minimum Gasteiger partial charge on any atom is -0.497 e. The molecular formula is C23H24ClN3O6. The number of imide groups is 1. The van der Waals surface area contributed by atoms with E-state index in [1.165, 1.54) is 0 Å². The summed E-state index contributed by atoms with van der Waals surface area (Å²) in [5.41, 5.74) is 0.0233. The van der Waals surface area contributed by atoms with Crippen LogP contribution in [0.1, 0.15) is 24.5 Å². The number of nitrogens with zero attached hydrogens (tertiary/aromatic N) is 1. The van der Waals surface area contributed by atoms with Gasteiger partial charge in [0.2, 0.25) is 5.91 Å². The standard InChI is InChI=1S/C23H24ClN3O6/c1-23(15-4-6-16(31-2)7-5-15)21(29)27(22(30)26-23)13-19(28)25-12-14-10-17(24)20-18(11-14)32-8-3-9-33-20/h4-7,10-11H,3,8-9,12-13H2,1-2H3,(H,25,28)(H,26,30). The molecule has 10 heteroatoms. The molecule has 0 spiro atoms. The van der Waals surface area contributed by atoms with E-state index in [0.717, 1.165) is 11.3 Å². The van der Waals surface area contributed by atoms with Gasteiger partial charge in [-0.25, -0.2) is 4.79 Å². The molecule has 1 fully saturated rings. The Bertz CT molecular complexity index is 1090. The van der Waals surface area contributed by atoms with Crippen molar-refractivity contribution in [2.24, 2.45) is 0 Å². The van der Waals surface area contributed by atoms with E-state index in [-0.39, 0.29) is 6.54 Å². The number of methoxy groups -OCH3 is 1. The van der Waals surface area contributed by atoms with Crippen LogP contribution in [0.25, 0.3) is 0 Å². The first-order valence-electron chi connectivity index (χ1n) is 10.4. The summed E-state index contributed by atoms with van der Waals surface area (Å²) in [5.74, 6) is 0.646. The second kappa shape index (κ2) is 9.19. The van der Waals surface area contributed by atoms with Gasteiger partial charge in [-0.3, -0.25) is 14.5 Å². The fraction of sp³-hybridized carbons (Fsp3) is 0.348. The lowest BCUT2D eigenvalue weighted by Crippen LogP contribution is -2.43. The lowest BCUT2D eigenvalue weighted by molar-refractivity contribution is -0.134. The van der Waals surface area contributed by atoms with Crippen molar-refractivity contribution in [2.45, 2.75) is 25.4 Å². The Morgan fingerprint density at radius 2 is 1.94 bits per heavy atom. The minimum atomic E-state index is -1.27. The predicted molar refractivity (Wildman–Crippen MR) is 119 cm³/mol. The fourth-order valence-corrected chi connectivity index (χ4v) is 4.03. The Balaban J connectivity index is 1.40.